The second-order valence-electron chi connectivity index (χ2n) is 5.67. The number of anilines is 1. The van der Waals surface area contributed by atoms with Gasteiger partial charge in [-0.15, -0.1) is 0 Å². The molecule has 116 valence electrons. The van der Waals surface area contributed by atoms with Crippen LogP contribution in [-0.4, -0.2) is 46.9 Å². The Bertz CT molecular complexity index is 538. The molecule has 1 aliphatic rings. The van der Waals surface area contributed by atoms with Gasteiger partial charge in [-0.2, -0.15) is 5.10 Å². The van der Waals surface area contributed by atoms with Crippen molar-refractivity contribution in [2.75, 3.05) is 18.6 Å². The maximum Gasteiger partial charge on any atom is 0.252 e. The minimum absolute atomic E-state index is 0.125. The van der Waals surface area contributed by atoms with Gasteiger partial charge < -0.3 is 10.1 Å². The molecule has 0 saturated carbocycles. The molecule has 1 aromatic heterocycles. The van der Waals surface area contributed by atoms with Crippen LogP contribution < -0.4 is 10.2 Å². The van der Waals surface area contributed by atoms with Crippen LogP contribution in [0.1, 0.15) is 27.2 Å². The van der Waals surface area contributed by atoms with E-state index in [9.17, 15) is 9.59 Å². The van der Waals surface area contributed by atoms with E-state index in [1.165, 1.54) is 0 Å². The van der Waals surface area contributed by atoms with E-state index < -0.39 is 11.6 Å². The topological polar surface area (TPSA) is 76.5 Å². The van der Waals surface area contributed by atoms with Gasteiger partial charge in [0.2, 0.25) is 5.91 Å². The molecule has 0 aliphatic carbocycles. The third kappa shape index (κ3) is 2.92. The van der Waals surface area contributed by atoms with Crippen molar-refractivity contribution in [1.82, 2.24) is 15.1 Å². The third-order valence-corrected chi connectivity index (χ3v) is 3.61. The van der Waals surface area contributed by atoms with E-state index in [4.69, 9.17) is 4.74 Å². The molecule has 0 aromatic carbocycles. The van der Waals surface area contributed by atoms with E-state index in [1.54, 1.807) is 42.9 Å². The van der Waals surface area contributed by atoms with Crippen molar-refractivity contribution in [3.05, 3.63) is 12.4 Å². The fraction of sp³-hybridized carbons (Fsp3) is 0.643. The highest BCUT2D eigenvalue weighted by Crippen LogP contribution is 2.26. The van der Waals surface area contributed by atoms with Crippen LogP contribution in [0.25, 0.3) is 0 Å². The molecular formula is C14H22N4O3. The molecule has 0 bridgehead atoms. The summed E-state index contributed by atoms with van der Waals surface area (Å²) in [6, 6.07) is -0.495. The van der Waals surface area contributed by atoms with E-state index in [0.717, 1.165) is 0 Å². The highest BCUT2D eigenvalue weighted by atomic mass is 16.5. The van der Waals surface area contributed by atoms with Gasteiger partial charge in [-0.3, -0.25) is 19.2 Å². The highest BCUT2D eigenvalue weighted by Gasteiger charge is 2.45. The third-order valence-electron chi connectivity index (χ3n) is 3.61. The van der Waals surface area contributed by atoms with Crippen molar-refractivity contribution in [1.29, 1.82) is 0 Å². The van der Waals surface area contributed by atoms with Crippen molar-refractivity contribution < 1.29 is 14.3 Å². The van der Waals surface area contributed by atoms with Crippen molar-refractivity contribution in [2.24, 2.45) is 0 Å². The van der Waals surface area contributed by atoms with Crippen molar-refractivity contribution in [2.45, 2.75) is 45.3 Å². The average molecular weight is 294 g/mol. The van der Waals surface area contributed by atoms with Crippen LogP contribution in [-0.2, 0) is 20.9 Å². The smallest absolute Gasteiger partial charge is 0.252 e. The minimum Gasteiger partial charge on any atom is -0.383 e. The molecule has 1 unspecified atom stereocenters. The van der Waals surface area contributed by atoms with Crippen LogP contribution in [0.5, 0.6) is 0 Å². The first-order valence-electron chi connectivity index (χ1n) is 7.07. The maximum atomic E-state index is 12.6. The van der Waals surface area contributed by atoms with Gasteiger partial charge >= 0.3 is 0 Å². The van der Waals surface area contributed by atoms with Crippen LogP contribution in [0.15, 0.2) is 12.4 Å². The lowest BCUT2D eigenvalue weighted by Crippen LogP contribution is -2.68. The zero-order valence-electron chi connectivity index (χ0n) is 12.9. The van der Waals surface area contributed by atoms with E-state index >= 15 is 0 Å². The largest absolute Gasteiger partial charge is 0.383 e. The van der Waals surface area contributed by atoms with Crippen LogP contribution in [0.4, 0.5) is 5.69 Å². The number of ether oxygens (including phenoxy) is 1. The molecule has 2 rings (SSSR count). The Morgan fingerprint density at radius 2 is 2.14 bits per heavy atom. The summed E-state index contributed by atoms with van der Waals surface area (Å²) in [6.45, 7) is 6.45. The summed E-state index contributed by atoms with van der Waals surface area (Å²) < 4.78 is 6.72. The first-order valence-corrected chi connectivity index (χ1v) is 7.07. The van der Waals surface area contributed by atoms with Gasteiger partial charge in [0.1, 0.15) is 11.6 Å². The summed E-state index contributed by atoms with van der Waals surface area (Å²) in [7, 11) is 1.62. The van der Waals surface area contributed by atoms with Gasteiger partial charge in [0.25, 0.3) is 5.91 Å². The Kier molecular flexibility index (Phi) is 4.32. The minimum atomic E-state index is -0.905. The standard InChI is InChI=1S/C14H22N4O3/c1-5-11-12(19)16-14(2,3)13(20)18(11)10-8-15-17(9-10)6-7-21-4/h8-9,11H,5-7H2,1-4H3,(H,16,19). The number of rotatable bonds is 5. The zero-order chi connectivity index (χ0) is 15.6. The van der Waals surface area contributed by atoms with E-state index in [2.05, 4.69) is 10.4 Å². The summed E-state index contributed by atoms with van der Waals surface area (Å²) in [4.78, 5) is 26.4. The molecule has 1 N–H and O–H groups in total. The molecule has 2 amide bonds. The fourth-order valence-corrected chi connectivity index (χ4v) is 2.45. The molecule has 1 saturated heterocycles. The molecular weight excluding hydrogens is 272 g/mol. The number of amides is 2. The molecule has 21 heavy (non-hydrogen) atoms. The monoisotopic (exact) mass is 294 g/mol. The summed E-state index contributed by atoms with van der Waals surface area (Å²) >= 11 is 0. The Morgan fingerprint density at radius 3 is 2.76 bits per heavy atom. The van der Waals surface area contributed by atoms with Crippen molar-refractivity contribution >= 4 is 17.5 Å². The number of nitrogens with one attached hydrogen (secondary N) is 1. The normalized spacial score (nSPS) is 21.5. The van der Waals surface area contributed by atoms with Gasteiger partial charge in [-0.1, -0.05) is 6.92 Å². The lowest BCUT2D eigenvalue weighted by Gasteiger charge is -2.41. The van der Waals surface area contributed by atoms with Crippen LogP contribution in [0.2, 0.25) is 0 Å². The summed E-state index contributed by atoms with van der Waals surface area (Å²) in [5.41, 5.74) is -0.261. The van der Waals surface area contributed by atoms with E-state index in [-0.39, 0.29) is 11.8 Å². The second-order valence-corrected chi connectivity index (χ2v) is 5.67. The van der Waals surface area contributed by atoms with E-state index in [1.807, 2.05) is 6.92 Å². The second kappa shape index (κ2) is 5.85. The quantitative estimate of drug-likeness (QED) is 0.860. The first kappa shape index (κ1) is 15.5. The lowest BCUT2D eigenvalue weighted by molar-refractivity contribution is -0.137. The predicted octanol–water partition coefficient (Wildman–Crippen LogP) is 0.550. The molecule has 1 aromatic rings. The van der Waals surface area contributed by atoms with Crippen molar-refractivity contribution in [3.8, 4) is 0 Å². The molecule has 1 atom stereocenters. The lowest BCUT2D eigenvalue weighted by atomic mass is 9.95. The SMILES string of the molecule is CCC1C(=O)NC(C)(C)C(=O)N1c1cnn(CCOC)c1. The average Bonchev–Trinajstić information content (AvgIpc) is 2.88. The molecule has 0 spiro atoms. The number of piperazine rings is 1. The van der Waals surface area contributed by atoms with Crippen LogP contribution >= 0.6 is 0 Å². The maximum absolute atomic E-state index is 12.6. The van der Waals surface area contributed by atoms with Crippen LogP contribution in [0.3, 0.4) is 0 Å². The highest BCUT2D eigenvalue weighted by molar-refractivity contribution is 6.10. The Morgan fingerprint density at radius 1 is 1.43 bits per heavy atom. The number of hydrogen-bond acceptors (Lipinski definition) is 4. The Labute approximate surface area is 124 Å². The number of carbonyl (C=O) groups is 2. The van der Waals surface area contributed by atoms with Gasteiger partial charge in [-0.05, 0) is 20.3 Å². The van der Waals surface area contributed by atoms with Gasteiger partial charge in [0.15, 0.2) is 0 Å². The fourth-order valence-electron chi connectivity index (χ4n) is 2.45. The molecule has 7 nitrogen and oxygen atoms in total. The molecule has 0 radical (unpaired) electrons. The molecule has 2 heterocycles. The number of methoxy groups -OCH3 is 1. The number of aromatic nitrogens is 2. The number of carbonyl (C=O) groups excluding carboxylic acids is 2. The molecule has 1 fully saturated rings. The Hall–Kier alpha value is -1.89. The van der Waals surface area contributed by atoms with E-state index in [0.29, 0.717) is 25.3 Å². The van der Waals surface area contributed by atoms with Gasteiger partial charge in [-0.25, -0.2) is 0 Å². The van der Waals surface area contributed by atoms with Crippen LogP contribution in [0, 0.1) is 0 Å². The molecule has 7 heteroatoms. The summed E-state index contributed by atoms with van der Waals surface area (Å²) in [5.74, 6) is -0.257. The van der Waals surface area contributed by atoms with Crippen molar-refractivity contribution in [3.63, 3.8) is 0 Å². The predicted molar refractivity (Wildman–Crippen MR) is 77.9 cm³/mol. The Balaban J connectivity index is 2.30. The number of nitrogens with zero attached hydrogens (tertiary/aromatic N) is 3. The molecule has 1 aliphatic heterocycles. The zero-order valence-corrected chi connectivity index (χ0v) is 12.9. The summed E-state index contributed by atoms with van der Waals surface area (Å²) in [6.07, 6.45) is 3.94. The number of hydrogen-bond donors (Lipinski definition) is 1. The summed E-state index contributed by atoms with van der Waals surface area (Å²) in [5, 5.41) is 6.99. The van der Waals surface area contributed by atoms with Gasteiger partial charge in [0, 0.05) is 13.3 Å². The first-order chi connectivity index (χ1) is 9.90. The van der Waals surface area contributed by atoms with Gasteiger partial charge in [0.05, 0.1) is 25.0 Å².